The number of piperidine rings is 2. The molecule has 0 unspecified atom stereocenters. The van der Waals surface area contributed by atoms with Crippen LogP contribution in [0.25, 0.3) is 0 Å². The molecule has 0 aromatic heterocycles. The lowest BCUT2D eigenvalue weighted by Crippen LogP contribution is -2.50. The number of ether oxygens (including phenoxy) is 11. The number of epoxide rings is 3. The predicted molar refractivity (Wildman–Crippen MR) is 470 cm³/mol. The van der Waals surface area contributed by atoms with Gasteiger partial charge in [0, 0.05) is 75.5 Å². The van der Waals surface area contributed by atoms with Crippen molar-refractivity contribution in [1.29, 1.82) is 0 Å². The summed E-state index contributed by atoms with van der Waals surface area (Å²) in [6.45, 7) is 32.6. The maximum atomic E-state index is 12.6. The highest BCUT2D eigenvalue weighted by Crippen LogP contribution is 2.49. The topological polar surface area (TPSA) is 409 Å². The fraction of sp³-hybridized carbons (Fsp3) is 0.723. The van der Waals surface area contributed by atoms with Crippen LogP contribution in [0.15, 0.2) is 108 Å². The Morgan fingerprint density at radius 3 is 1.03 bits per heavy atom. The van der Waals surface area contributed by atoms with Gasteiger partial charge in [0.2, 0.25) is 35.4 Å². The molecule has 8 amide bonds. The Kier molecular flexibility index (Phi) is 40.0. The van der Waals surface area contributed by atoms with Crippen LogP contribution in [0, 0.1) is 29.6 Å². The normalized spacial score (nSPS) is 36.0. The lowest BCUT2D eigenvalue weighted by Gasteiger charge is -2.39. The molecule has 11 aliphatic heterocycles. The Morgan fingerprint density at radius 1 is 0.439 bits per heavy atom. The largest absolute Gasteiger partial charge is 0.442 e. The van der Waals surface area contributed by atoms with E-state index in [0.29, 0.717) is 45.5 Å². The number of carbonyl (C=O) groups excluding carboxylic acids is 8. The van der Waals surface area contributed by atoms with E-state index in [1.807, 2.05) is 39.8 Å². The Bertz CT molecular complexity index is 3590. The monoisotopic (exact) mass is 1730 g/mol. The van der Waals surface area contributed by atoms with Gasteiger partial charge in [0.05, 0.1) is 142 Å². The maximum Gasteiger partial charge on any atom is 0.410 e. The van der Waals surface area contributed by atoms with Crippen LogP contribution < -0.4 is 33.2 Å². The summed E-state index contributed by atoms with van der Waals surface area (Å²) in [6, 6.07) is -0.294. The van der Waals surface area contributed by atoms with E-state index in [-0.39, 0.29) is 202 Å². The SMILES string of the molecule is C.C.CC(/C=C/[C@H]1O[C@H](CC(N)=O)C[C@@]2(CO2)[C@@H]1C)=C\C[C@@H]1O[C@H](C)[C@H](NC(=O)/C=C\[C@H](C)O)C[C@@H]1C.CC(/C=C/[C@H]1O[C@H](CC(N)=O)C[C@@]2(CO2)[C@@H]1C)=C\C[C@@H]1O[C@H](C)[C@H](NC(=O)/C=C\[C@H](C)OC(=O)N2CCCCC2)C[C@@H]1C.CC(/C=C/[C@H]1O[C@H](CC(N)=O)C[C@@]2(CO2)[C@@H]1O)=C\C[C@@H]1O[C@H](C)[C@H](NC(=O)/C=C\[C@H](C)OC(=O)N2CCCCC2)C[C@@H]1C. The van der Waals surface area contributed by atoms with Crippen LogP contribution in [-0.4, -0.2) is 246 Å². The van der Waals surface area contributed by atoms with Crippen molar-refractivity contribution in [3.63, 3.8) is 0 Å². The molecule has 0 aliphatic carbocycles. The number of aliphatic hydroxyl groups excluding tert-OH is 2. The molecule has 11 saturated heterocycles. The number of carbonyl (C=O) groups is 8. The zero-order valence-electron chi connectivity index (χ0n) is 74.0. The number of aliphatic hydroxyl groups is 2. The van der Waals surface area contributed by atoms with E-state index in [0.717, 1.165) is 114 Å². The van der Waals surface area contributed by atoms with Crippen molar-refractivity contribution in [1.82, 2.24) is 25.8 Å². The molecule has 11 rings (SSSR count). The predicted octanol–water partition coefficient (Wildman–Crippen LogP) is 10.9. The number of nitrogens with one attached hydrogen (secondary N) is 3. The Morgan fingerprint density at radius 2 is 0.732 bits per heavy atom. The van der Waals surface area contributed by atoms with Gasteiger partial charge < -0.3 is 105 Å². The van der Waals surface area contributed by atoms with Gasteiger partial charge in [-0.2, -0.15) is 0 Å². The zero-order valence-corrected chi connectivity index (χ0v) is 74.0. The molecular weight excluding hydrogens is 1580 g/mol. The first kappa shape index (κ1) is 103. The van der Waals surface area contributed by atoms with Crippen LogP contribution >= 0.6 is 0 Å². The van der Waals surface area contributed by atoms with Gasteiger partial charge in [0.1, 0.15) is 30.0 Å². The molecule has 11 aliphatic rings. The fourth-order valence-electron chi connectivity index (χ4n) is 17.7. The Hall–Kier alpha value is -7.42. The second-order valence-electron chi connectivity index (χ2n) is 36.2. The van der Waals surface area contributed by atoms with Gasteiger partial charge in [0.15, 0.2) is 0 Å². The van der Waals surface area contributed by atoms with E-state index < -0.39 is 42.0 Å². The number of rotatable bonds is 29. The molecule has 0 aromatic carbocycles. The lowest BCUT2D eigenvalue weighted by molar-refractivity contribution is -0.143. The minimum atomic E-state index is -0.803. The second kappa shape index (κ2) is 47.9. The number of nitrogens with zero attached hydrogens (tertiary/aromatic N) is 2. The molecule has 0 aromatic rings. The lowest BCUT2D eigenvalue weighted by atomic mass is 9.81. The van der Waals surface area contributed by atoms with Crippen molar-refractivity contribution in [3.8, 4) is 0 Å². The molecule has 0 saturated carbocycles. The zero-order chi connectivity index (χ0) is 88.0. The average Bonchev–Trinajstić information content (AvgIpc) is 1.61. The number of hydrogen-bond acceptors (Lipinski definition) is 21. The van der Waals surface area contributed by atoms with E-state index in [9.17, 15) is 48.6 Å². The highest BCUT2D eigenvalue weighted by atomic mass is 16.6. The number of hydrogen-bond donors (Lipinski definition) is 8. The number of amides is 8. The Balaban J connectivity index is 0.000000253. The minimum absolute atomic E-state index is 0. The highest BCUT2D eigenvalue weighted by molar-refractivity contribution is 5.89. The van der Waals surface area contributed by atoms with Gasteiger partial charge in [-0.3, -0.25) is 28.8 Å². The van der Waals surface area contributed by atoms with Gasteiger partial charge in [0.25, 0.3) is 0 Å². The average molecular weight is 1730 g/mol. The third-order valence-electron chi connectivity index (χ3n) is 25.8. The van der Waals surface area contributed by atoms with Gasteiger partial charge >= 0.3 is 12.2 Å². The Labute approximate surface area is 731 Å². The summed E-state index contributed by atoms with van der Waals surface area (Å²) < 4.78 is 65.2. The van der Waals surface area contributed by atoms with Crippen LogP contribution in [0.4, 0.5) is 9.59 Å². The molecule has 29 heteroatoms. The molecule has 3 spiro atoms. The molecule has 0 radical (unpaired) electrons. The van der Waals surface area contributed by atoms with Gasteiger partial charge in [-0.25, -0.2) is 9.59 Å². The molecule has 29 nitrogen and oxygen atoms in total. The van der Waals surface area contributed by atoms with Crippen LogP contribution in [0.2, 0.25) is 0 Å². The van der Waals surface area contributed by atoms with E-state index >= 15 is 0 Å². The van der Waals surface area contributed by atoms with Crippen LogP contribution in [0.1, 0.15) is 227 Å². The van der Waals surface area contributed by atoms with Crippen LogP contribution in [0.5, 0.6) is 0 Å². The molecule has 123 heavy (non-hydrogen) atoms. The van der Waals surface area contributed by atoms with Crippen molar-refractivity contribution >= 4 is 47.6 Å². The standard InChI is InChI=1S/C33H51N3O7.C32H49N3O8.C27H42N2O6.2CH4/c1-21(10-13-29-24(4)33(20-40-33)19-26(43-29)18-30(34)37)9-12-28-22(2)17-27(25(5)42-28)35-31(38)14-11-23(3)41-32(39)36-15-7-6-8-16-36;1-20(9-12-27-30(38)32(19-40-32)18-24(43-27)17-28(33)36)8-11-26-21(2)16-25(23(4)42-26)34-29(37)13-10-22(3)41-31(39)35-14-6-5-7-15-35;1-16(7-10-24-19(4)27(15-33-27)14-21(35-24)13-25(28)31)6-9-23-17(2)12-22(20(5)34-23)29-26(32)11-8-18(3)30;;/h9-11,13-14,22-29H,6-8,12,15-20H2,1-5H3,(H2,34,37)(H,35,38);8-10,12-13,21-27,30,38H,5-7,11,14-19H2,1-4H3,(H2,33,36)(H,34,37);6-8,10-11,17-24,30H,9,12-15H2,1-5H3,(H2,28,31)(H,29,32);2*1H4/b13-10+,14-11-,21-9+;12-9+,13-10-,20-8+;10-7+,11-8-,16-6+;;/t22-,23-,24+,25+,26+,27+,28-,29+,33+;21-,22-,23+,24+,25+,26-,27+,30+,32+;17-,18-,19+,20+,21+,22+,23-,24+,27+;;/m000../s1. The van der Waals surface area contributed by atoms with E-state index in [4.69, 9.17) is 69.3 Å². The third kappa shape index (κ3) is 31.8. The first-order valence-corrected chi connectivity index (χ1v) is 44.4. The number of nitrogens with two attached hydrogens (primary N) is 3. The summed E-state index contributed by atoms with van der Waals surface area (Å²) in [7, 11) is 0. The maximum absolute atomic E-state index is 12.6. The molecule has 11 heterocycles. The summed E-state index contributed by atoms with van der Waals surface area (Å²) in [5, 5.41) is 29.1. The summed E-state index contributed by atoms with van der Waals surface area (Å²) in [4.78, 5) is 99.6. The van der Waals surface area contributed by atoms with Gasteiger partial charge in [-0.1, -0.05) is 127 Å². The first-order valence-electron chi connectivity index (χ1n) is 44.4. The van der Waals surface area contributed by atoms with Crippen molar-refractivity contribution < 1.29 is 101 Å². The van der Waals surface area contributed by atoms with E-state index in [1.54, 1.807) is 42.7 Å². The van der Waals surface area contributed by atoms with Gasteiger partial charge in [-0.15, -0.1) is 0 Å². The molecule has 11 N–H and O–H groups in total. The van der Waals surface area contributed by atoms with E-state index in [2.05, 4.69) is 107 Å². The molecule has 0 bridgehead atoms. The van der Waals surface area contributed by atoms with Crippen molar-refractivity contribution in [2.75, 3.05) is 46.0 Å². The summed E-state index contributed by atoms with van der Waals surface area (Å²) in [6.07, 6.45) is 35.6. The number of allylic oxidation sites excluding steroid dienone is 6. The van der Waals surface area contributed by atoms with Crippen LogP contribution in [0.3, 0.4) is 0 Å². The molecule has 27 atom stereocenters. The quantitative estimate of drug-likeness (QED) is 0.0196. The second-order valence-corrected chi connectivity index (χ2v) is 36.2. The van der Waals surface area contributed by atoms with Crippen molar-refractivity contribution in [3.05, 3.63) is 108 Å². The minimum Gasteiger partial charge on any atom is -0.442 e. The molecule has 692 valence electrons. The summed E-state index contributed by atoms with van der Waals surface area (Å²) in [5.41, 5.74) is 18.4. The molecular formula is C94H150N8O21. The highest BCUT2D eigenvalue weighted by Gasteiger charge is 2.60. The number of primary amides is 3. The first-order chi connectivity index (χ1) is 57.4. The fourth-order valence-corrected chi connectivity index (χ4v) is 17.7. The summed E-state index contributed by atoms with van der Waals surface area (Å²) >= 11 is 0. The van der Waals surface area contributed by atoms with E-state index in [1.165, 1.54) is 24.3 Å². The number of likely N-dealkylation sites (tertiary alicyclic amines) is 2. The van der Waals surface area contributed by atoms with Crippen LogP contribution in [-0.2, 0) is 80.9 Å². The third-order valence-corrected chi connectivity index (χ3v) is 25.8. The van der Waals surface area contributed by atoms with Crippen molar-refractivity contribution in [2.24, 2.45) is 46.8 Å². The smallest absolute Gasteiger partial charge is 0.410 e. The van der Waals surface area contributed by atoms with Crippen molar-refractivity contribution in [2.45, 2.75) is 360 Å². The molecule has 11 fully saturated rings. The summed E-state index contributed by atoms with van der Waals surface area (Å²) in [5.74, 6) is -0.660. The van der Waals surface area contributed by atoms with Gasteiger partial charge in [-0.05, 0) is 169 Å².